The van der Waals surface area contributed by atoms with Crippen LogP contribution in [0.4, 0.5) is 0 Å². The van der Waals surface area contributed by atoms with Crippen LogP contribution in [0.2, 0.25) is 0 Å². The standard InChI is InChI=1S/C30H22N2/c1-21-26-12-6-5-9-22(26)19-20-27(21)23-15-17-24(18-16-23)30-31-28-13-7-8-14-29(28)32(30)25-10-3-2-4-11-25/h2-20H,1H3. The summed E-state index contributed by atoms with van der Waals surface area (Å²) in [6.07, 6.45) is 0. The van der Waals surface area contributed by atoms with Crippen LogP contribution in [0.3, 0.4) is 0 Å². The Morgan fingerprint density at radius 1 is 0.594 bits per heavy atom. The van der Waals surface area contributed by atoms with Crippen molar-refractivity contribution in [2.24, 2.45) is 0 Å². The average molecular weight is 411 g/mol. The van der Waals surface area contributed by atoms with Gasteiger partial charge in [0.15, 0.2) is 0 Å². The maximum Gasteiger partial charge on any atom is 0.145 e. The lowest BCUT2D eigenvalue weighted by Gasteiger charge is -2.12. The van der Waals surface area contributed by atoms with Gasteiger partial charge in [0, 0.05) is 11.3 Å². The van der Waals surface area contributed by atoms with Crippen LogP contribution in [0, 0.1) is 6.92 Å². The maximum atomic E-state index is 4.98. The van der Waals surface area contributed by atoms with Gasteiger partial charge >= 0.3 is 0 Å². The summed E-state index contributed by atoms with van der Waals surface area (Å²) in [5, 5.41) is 2.59. The normalized spacial score (nSPS) is 11.3. The summed E-state index contributed by atoms with van der Waals surface area (Å²) in [5.74, 6) is 0.958. The molecule has 0 aliphatic heterocycles. The first-order valence-electron chi connectivity index (χ1n) is 10.9. The Hall–Kier alpha value is -4.17. The molecule has 6 aromatic rings. The fourth-order valence-corrected chi connectivity index (χ4v) is 4.60. The number of aromatic nitrogens is 2. The van der Waals surface area contributed by atoms with Crippen molar-refractivity contribution in [1.29, 1.82) is 0 Å². The zero-order valence-electron chi connectivity index (χ0n) is 17.9. The number of fused-ring (bicyclic) bond motifs is 2. The predicted molar refractivity (Wildman–Crippen MR) is 134 cm³/mol. The summed E-state index contributed by atoms with van der Waals surface area (Å²) in [6.45, 7) is 2.21. The van der Waals surface area contributed by atoms with Crippen molar-refractivity contribution in [2.75, 3.05) is 0 Å². The van der Waals surface area contributed by atoms with Crippen LogP contribution >= 0.6 is 0 Å². The molecule has 0 saturated heterocycles. The molecular formula is C30H22N2. The molecule has 0 fully saturated rings. The van der Waals surface area contributed by atoms with Crippen LogP contribution in [0.1, 0.15) is 5.56 Å². The van der Waals surface area contributed by atoms with E-state index in [9.17, 15) is 0 Å². The average Bonchev–Trinajstić information content (AvgIpc) is 3.25. The summed E-state index contributed by atoms with van der Waals surface area (Å²) in [7, 11) is 0. The molecule has 0 atom stereocenters. The van der Waals surface area contributed by atoms with Gasteiger partial charge < -0.3 is 0 Å². The van der Waals surface area contributed by atoms with Crippen LogP contribution in [0.25, 0.3) is 50.0 Å². The molecule has 6 rings (SSSR count). The van der Waals surface area contributed by atoms with Gasteiger partial charge in [-0.05, 0) is 58.7 Å². The van der Waals surface area contributed by atoms with E-state index in [0.29, 0.717) is 0 Å². The first-order chi connectivity index (χ1) is 15.8. The highest BCUT2D eigenvalue weighted by molar-refractivity contribution is 5.92. The molecule has 32 heavy (non-hydrogen) atoms. The molecule has 1 aromatic heterocycles. The smallest absolute Gasteiger partial charge is 0.145 e. The highest BCUT2D eigenvalue weighted by Crippen LogP contribution is 2.33. The Kier molecular flexibility index (Phi) is 4.36. The minimum absolute atomic E-state index is 0.958. The first kappa shape index (κ1) is 18.6. The highest BCUT2D eigenvalue weighted by Gasteiger charge is 2.14. The lowest BCUT2D eigenvalue weighted by atomic mass is 9.94. The van der Waals surface area contributed by atoms with Crippen molar-refractivity contribution in [3.63, 3.8) is 0 Å². The predicted octanol–water partition coefficient (Wildman–Crippen LogP) is 7.82. The van der Waals surface area contributed by atoms with Gasteiger partial charge in [-0.15, -0.1) is 0 Å². The SMILES string of the molecule is Cc1c(-c2ccc(-c3nc4ccccc4n3-c3ccccc3)cc2)ccc2ccccc12. The monoisotopic (exact) mass is 410 g/mol. The maximum absolute atomic E-state index is 4.98. The minimum Gasteiger partial charge on any atom is -0.292 e. The van der Waals surface area contributed by atoms with Crippen molar-refractivity contribution in [2.45, 2.75) is 6.92 Å². The van der Waals surface area contributed by atoms with E-state index in [2.05, 4.69) is 115 Å². The summed E-state index contributed by atoms with van der Waals surface area (Å²) < 4.78 is 2.24. The lowest BCUT2D eigenvalue weighted by molar-refractivity contribution is 1.10. The summed E-state index contributed by atoms with van der Waals surface area (Å²) >= 11 is 0. The molecule has 0 aliphatic carbocycles. The summed E-state index contributed by atoms with van der Waals surface area (Å²) in [6, 6.07) is 40.6. The first-order valence-corrected chi connectivity index (χ1v) is 10.9. The Morgan fingerprint density at radius 3 is 2.12 bits per heavy atom. The van der Waals surface area contributed by atoms with E-state index in [1.807, 2.05) is 12.1 Å². The lowest BCUT2D eigenvalue weighted by Crippen LogP contribution is -1.97. The van der Waals surface area contributed by atoms with Crippen molar-refractivity contribution in [1.82, 2.24) is 9.55 Å². The number of benzene rings is 5. The largest absolute Gasteiger partial charge is 0.292 e. The summed E-state index contributed by atoms with van der Waals surface area (Å²) in [4.78, 5) is 4.98. The number of nitrogens with zero attached hydrogens (tertiary/aromatic N) is 2. The van der Waals surface area contributed by atoms with E-state index in [4.69, 9.17) is 4.98 Å². The zero-order valence-corrected chi connectivity index (χ0v) is 17.9. The summed E-state index contributed by atoms with van der Waals surface area (Å²) in [5.41, 5.74) is 8.14. The molecule has 0 spiro atoms. The third-order valence-corrected chi connectivity index (χ3v) is 6.23. The molecule has 152 valence electrons. The molecule has 2 heteroatoms. The second-order valence-corrected chi connectivity index (χ2v) is 8.13. The molecule has 0 bridgehead atoms. The van der Waals surface area contributed by atoms with Gasteiger partial charge in [0.25, 0.3) is 0 Å². The van der Waals surface area contributed by atoms with Crippen LogP contribution in [-0.4, -0.2) is 9.55 Å². The van der Waals surface area contributed by atoms with E-state index in [-0.39, 0.29) is 0 Å². The number of hydrogen-bond donors (Lipinski definition) is 0. The van der Waals surface area contributed by atoms with Crippen LogP contribution < -0.4 is 0 Å². The molecule has 0 unspecified atom stereocenters. The Balaban J connectivity index is 1.48. The molecule has 2 nitrogen and oxygen atoms in total. The van der Waals surface area contributed by atoms with Crippen molar-refractivity contribution in [3.8, 4) is 28.2 Å². The zero-order chi connectivity index (χ0) is 21.5. The Morgan fingerprint density at radius 2 is 1.28 bits per heavy atom. The molecule has 1 heterocycles. The van der Waals surface area contributed by atoms with Gasteiger partial charge in [0.1, 0.15) is 5.82 Å². The second kappa shape index (κ2) is 7.51. The van der Waals surface area contributed by atoms with Crippen molar-refractivity contribution in [3.05, 3.63) is 121 Å². The molecule has 0 saturated carbocycles. The number of rotatable bonds is 3. The molecule has 0 N–H and O–H groups in total. The molecule has 5 aromatic carbocycles. The number of aryl methyl sites for hydroxylation is 1. The second-order valence-electron chi connectivity index (χ2n) is 8.13. The van der Waals surface area contributed by atoms with E-state index < -0.39 is 0 Å². The fourth-order valence-electron chi connectivity index (χ4n) is 4.60. The minimum atomic E-state index is 0.958. The van der Waals surface area contributed by atoms with Gasteiger partial charge in [-0.3, -0.25) is 4.57 Å². The molecule has 0 amide bonds. The van der Waals surface area contributed by atoms with Gasteiger partial charge in [-0.1, -0.05) is 91.0 Å². The van der Waals surface area contributed by atoms with Crippen LogP contribution in [0.5, 0.6) is 0 Å². The quantitative estimate of drug-likeness (QED) is 0.291. The third-order valence-electron chi connectivity index (χ3n) is 6.23. The van der Waals surface area contributed by atoms with E-state index in [1.165, 1.54) is 27.5 Å². The number of imidazole rings is 1. The van der Waals surface area contributed by atoms with E-state index >= 15 is 0 Å². The van der Waals surface area contributed by atoms with Crippen molar-refractivity contribution < 1.29 is 0 Å². The van der Waals surface area contributed by atoms with E-state index in [1.54, 1.807) is 0 Å². The highest BCUT2D eigenvalue weighted by atomic mass is 15.1. The fraction of sp³-hybridized carbons (Fsp3) is 0.0333. The van der Waals surface area contributed by atoms with E-state index in [0.717, 1.165) is 28.1 Å². The van der Waals surface area contributed by atoms with Gasteiger partial charge in [0.05, 0.1) is 11.0 Å². The number of hydrogen-bond acceptors (Lipinski definition) is 1. The Labute approximate surface area is 187 Å². The third kappa shape index (κ3) is 3.00. The molecule has 0 aliphatic rings. The molecule has 0 radical (unpaired) electrons. The van der Waals surface area contributed by atoms with Gasteiger partial charge in [-0.2, -0.15) is 0 Å². The van der Waals surface area contributed by atoms with Gasteiger partial charge in [-0.25, -0.2) is 4.98 Å². The number of para-hydroxylation sites is 3. The van der Waals surface area contributed by atoms with Crippen molar-refractivity contribution >= 4 is 21.8 Å². The molecular weight excluding hydrogens is 388 g/mol. The van der Waals surface area contributed by atoms with Gasteiger partial charge in [0.2, 0.25) is 0 Å². The Bertz CT molecular complexity index is 1560. The van der Waals surface area contributed by atoms with Crippen LogP contribution in [0.15, 0.2) is 115 Å². The topological polar surface area (TPSA) is 17.8 Å². The van der Waals surface area contributed by atoms with Crippen LogP contribution in [-0.2, 0) is 0 Å².